The van der Waals surface area contributed by atoms with E-state index in [2.05, 4.69) is 10.6 Å². The molecule has 1 aliphatic carbocycles. The molecular weight excluding hydrogens is 262 g/mol. The standard InChI is InChI=1S/C15H20F2N2O/c1-8-6-14(17)12(7-13(8)16)9(2)18-10(3)15(20)19-11-4-5-11/h6-7,9-11,18H,4-5H2,1-3H3,(H,19,20). The van der Waals surface area contributed by atoms with Crippen LogP contribution in [0, 0.1) is 18.6 Å². The van der Waals surface area contributed by atoms with Gasteiger partial charge in [0, 0.05) is 17.6 Å². The van der Waals surface area contributed by atoms with Crippen LogP contribution in [-0.4, -0.2) is 18.0 Å². The van der Waals surface area contributed by atoms with E-state index < -0.39 is 23.7 Å². The maximum atomic E-state index is 13.8. The molecule has 3 nitrogen and oxygen atoms in total. The molecule has 2 atom stereocenters. The van der Waals surface area contributed by atoms with Crippen LogP contribution < -0.4 is 10.6 Å². The number of halogens is 2. The van der Waals surface area contributed by atoms with Crippen LogP contribution in [-0.2, 0) is 4.79 Å². The lowest BCUT2D eigenvalue weighted by Crippen LogP contribution is -2.44. The second-order valence-electron chi connectivity index (χ2n) is 5.52. The Kier molecular flexibility index (Phi) is 4.38. The fourth-order valence-electron chi connectivity index (χ4n) is 2.09. The smallest absolute Gasteiger partial charge is 0.237 e. The topological polar surface area (TPSA) is 41.1 Å². The van der Waals surface area contributed by atoms with Crippen molar-refractivity contribution < 1.29 is 13.6 Å². The van der Waals surface area contributed by atoms with E-state index in [1.54, 1.807) is 13.8 Å². The molecule has 0 bridgehead atoms. The zero-order chi connectivity index (χ0) is 14.9. The summed E-state index contributed by atoms with van der Waals surface area (Å²) in [5, 5.41) is 5.87. The molecule has 0 aromatic heterocycles. The van der Waals surface area contributed by atoms with Crippen LogP contribution in [0.1, 0.15) is 43.9 Å². The van der Waals surface area contributed by atoms with E-state index >= 15 is 0 Å². The third-order valence-corrected chi connectivity index (χ3v) is 3.56. The number of hydrogen-bond acceptors (Lipinski definition) is 2. The third kappa shape index (κ3) is 3.54. The first kappa shape index (κ1) is 14.9. The largest absolute Gasteiger partial charge is 0.352 e. The number of carbonyl (C=O) groups excluding carboxylic acids is 1. The molecule has 1 saturated carbocycles. The average Bonchev–Trinajstić information content (AvgIpc) is 3.17. The maximum absolute atomic E-state index is 13.8. The van der Waals surface area contributed by atoms with Gasteiger partial charge in [-0.25, -0.2) is 8.78 Å². The van der Waals surface area contributed by atoms with Crippen molar-refractivity contribution in [2.75, 3.05) is 0 Å². The fourth-order valence-corrected chi connectivity index (χ4v) is 2.09. The molecule has 0 aliphatic heterocycles. The summed E-state index contributed by atoms with van der Waals surface area (Å²) in [5.41, 5.74) is 0.511. The van der Waals surface area contributed by atoms with Gasteiger partial charge in [0.2, 0.25) is 5.91 Å². The lowest BCUT2D eigenvalue weighted by Gasteiger charge is -2.20. The highest BCUT2D eigenvalue weighted by Gasteiger charge is 2.26. The SMILES string of the molecule is Cc1cc(F)c(C(C)NC(C)C(=O)NC2CC2)cc1F. The molecule has 5 heteroatoms. The summed E-state index contributed by atoms with van der Waals surface area (Å²) in [6.45, 7) is 4.96. The van der Waals surface area contributed by atoms with Gasteiger partial charge in [0.25, 0.3) is 0 Å². The molecule has 1 aromatic rings. The van der Waals surface area contributed by atoms with Crippen molar-refractivity contribution in [2.24, 2.45) is 0 Å². The molecular formula is C15H20F2N2O. The van der Waals surface area contributed by atoms with Crippen LogP contribution in [0.25, 0.3) is 0 Å². The van der Waals surface area contributed by atoms with Crippen molar-refractivity contribution in [3.8, 4) is 0 Å². The summed E-state index contributed by atoms with van der Waals surface area (Å²) < 4.78 is 27.4. The first-order valence-electron chi connectivity index (χ1n) is 6.90. The molecule has 110 valence electrons. The predicted molar refractivity (Wildman–Crippen MR) is 73.3 cm³/mol. The molecule has 0 saturated heterocycles. The van der Waals surface area contributed by atoms with E-state index in [-0.39, 0.29) is 23.1 Å². The van der Waals surface area contributed by atoms with Gasteiger partial charge in [-0.3, -0.25) is 10.1 Å². The van der Waals surface area contributed by atoms with Crippen LogP contribution in [0.5, 0.6) is 0 Å². The Bertz CT molecular complexity index is 515. The molecule has 2 rings (SSSR count). The Hall–Kier alpha value is -1.49. The van der Waals surface area contributed by atoms with Crippen molar-refractivity contribution in [3.63, 3.8) is 0 Å². The van der Waals surface area contributed by atoms with Crippen LogP contribution in [0.2, 0.25) is 0 Å². The Labute approximate surface area is 117 Å². The molecule has 20 heavy (non-hydrogen) atoms. The van der Waals surface area contributed by atoms with Crippen LogP contribution in [0.15, 0.2) is 12.1 Å². The summed E-state index contributed by atoms with van der Waals surface area (Å²) in [6.07, 6.45) is 2.04. The zero-order valence-corrected chi connectivity index (χ0v) is 12.0. The minimum Gasteiger partial charge on any atom is -0.352 e. The molecule has 2 unspecified atom stereocenters. The molecule has 1 fully saturated rings. The Balaban J connectivity index is 2.01. The maximum Gasteiger partial charge on any atom is 0.237 e. The zero-order valence-electron chi connectivity index (χ0n) is 12.0. The monoisotopic (exact) mass is 282 g/mol. The second-order valence-corrected chi connectivity index (χ2v) is 5.52. The normalized spacial score (nSPS) is 17.6. The molecule has 1 amide bonds. The van der Waals surface area contributed by atoms with Gasteiger partial charge in [0.05, 0.1) is 6.04 Å². The number of hydrogen-bond donors (Lipinski definition) is 2. The highest BCUT2D eigenvalue weighted by atomic mass is 19.1. The van der Waals surface area contributed by atoms with Gasteiger partial charge in [-0.15, -0.1) is 0 Å². The molecule has 1 aromatic carbocycles. The average molecular weight is 282 g/mol. The Morgan fingerprint density at radius 2 is 1.90 bits per heavy atom. The van der Waals surface area contributed by atoms with Gasteiger partial charge in [0.15, 0.2) is 0 Å². The lowest BCUT2D eigenvalue weighted by atomic mass is 10.0. The van der Waals surface area contributed by atoms with Crippen molar-refractivity contribution in [2.45, 2.75) is 51.7 Å². The van der Waals surface area contributed by atoms with Gasteiger partial charge in [-0.05, 0) is 51.3 Å². The summed E-state index contributed by atoms with van der Waals surface area (Å²) >= 11 is 0. The van der Waals surface area contributed by atoms with E-state index in [0.29, 0.717) is 0 Å². The number of nitrogens with one attached hydrogen (secondary N) is 2. The van der Waals surface area contributed by atoms with Gasteiger partial charge < -0.3 is 5.32 Å². The van der Waals surface area contributed by atoms with Crippen LogP contribution in [0.3, 0.4) is 0 Å². The molecule has 1 aliphatic rings. The molecule has 0 heterocycles. The lowest BCUT2D eigenvalue weighted by molar-refractivity contribution is -0.123. The number of rotatable bonds is 5. The fraction of sp³-hybridized carbons (Fsp3) is 0.533. The van der Waals surface area contributed by atoms with E-state index in [1.807, 2.05) is 0 Å². The highest BCUT2D eigenvalue weighted by molar-refractivity contribution is 5.81. The molecule has 2 N–H and O–H groups in total. The third-order valence-electron chi connectivity index (χ3n) is 3.56. The number of amides is 1. The summed E-state index contributed by atoms with van der Waals surface area (Å²) in [6, 6.07) is 1.76. The van der Waals surface area contributed by atoms with Gasteiger partial charge in [0.1, 0.15) is 11.6 Å². The van der Waals surface area contributed by atoms with E-state index in [4.69, 9.17) is 0 Å². The number of aryl methyl sites for hydroxylation is 1. The molecule has 0 spiro atoms. The predicted octanol–water partition coefficient (Wildman–Crippen LogP) is 2.59. The minimum atomic E-state index is -0.460. The number of benzene rings is 1. The quantitative estimate of drug-likeness (QED) is 0.871. The summed E-state index contributed by atoms with van der Waals surface area (Å²) in [7, 11) is 0. The number of carbonyl (C=O) groups is 1. The van der Waals surface area contributed by atoms with Crippen molar-refractivity contribution in [1.29, 1.82) is 0 Å². The second kappa shape index (κ2) is 5.87. The van der Waals surface area contributed by atoms with Gasteiger partial charge in [-0.2, -0.15) is 0 Å². The molecule has 0 radical (unpaired) electrons. The Morgan fingerprint density at radius 3 is 2.50 bits per heavy atom. The Morgan fingerprint density at radius 1 is 1.25 bits per heavy atom. The van der Waals surface area contributed by atoms with Crippen molar-refractivity contribution >= 4 is 5.91 Å². The van der Waals surface area contributed by atoms with Gasteiger partial charge in [-0.1, -0.05) is 0 Å². The van der Waals surface area contributed by atoms with Gasteiger partial charge >= 0.3 is 0 Å². The minimum absolute atomic E-state index is 0.104. The van der Waals surface area contributed by atoms with E-state index in [0.717, 1.165) is 12.8 Å². The van der Waals surface area contributed by atoms with Crippen molar-refractivity contribution in [3.05, 3.63) is 34.9 Å². The van der Waals surface area contributed by atoms with Crippen LogP contribution in [0.4, 0.5) is 8.78 Å². The highest BCUT2D eigenvalue weighted by Crippen LogP contribution is 2.22. The first-order valence-corrected chi connectivity index (χ1v) is 6.90. The van der Waals surface area contributed by atoms with E-state index in [1.165, 1.54) is 19.1 Å². The summed E-state index contributed by atoms with van der Waals surface area (Å²) in [5.74, 6) is -1.00. The summed E-state index contributed by atoms with van der Waals surface area (Å²) in [4.78, 5) is 11.8. The van der Waals surface area contributed by atoms with Crippen LogP contribution >= 0.6 is 0 Å². The first-order chi connectivity index (χ1) is 9.38. The van der Waals surface area contributed by atoms with E-state index in [9.17, 15) is 13.6 Å². The van der Waals surface area contributed by atoms with Crippen molar-refractivity contribution in [1.82, 2.24) is 10.6 Å².